The fraction of sp³-hybridized carbons (Fsp3) is 0.400. The van der Waals surface area contributed by atoms with Crippen LogP contribution in [0.1, 0.15) is 12.5 Å². The average molecular weight is 247 g/mol. The Kier molecular flexibility index (Phi) is 3.88. The van der Waals surface area contributed by atoms with Crippen LogP contribution in [0.2, 0.25) is 0 Å². The summed E-state index contributed by atoms with van der Waals surface area (Å²) in [5.74, 6) is -0.119. The Morgan fingerprint density at radius 2 is 2.23 bits per heavy atom. The summed E-state index contributed by atoms with van der Waals surface area (Å²) in [6.07, 6.45) is 0.571. The summed E-state index contributed by atoms with van der Waals surface area (Å²) in [5.41, 5.74) is 0.649. The smallest absolute Gasteiger partial charge is 0.140 e. The monoisotopic (exact) mass is 246 g/mol. The van der Waals surface area contributed by atoms with Crippen LogP contribution < -0.4 is 0 Å². The SMILES string of the molecule is CC(CO)Cc1cccc(Br)c1F. The molecule has 0 saturated heterocycles. The quantitative estimate of drug-likeness (QED) is 0.870. The van der Waals surface area contributed by atoms with Gasteiger partial charge in [-0.25, -0.2) is 4.39 Å². The summed E-state index contributed by atoms with van der Waals surface area (Å²) in [6, 6.07) is 5.21. The van der Waals surface area contributed by atoms with Gasteiger partial charge in [-0.05, 0) is 39.9 Å². The predicted octanol–water partition coefficient (Wildman–Crippen LogP) is 2.76. The van der Waals surface area contributed by atoms with Crippen molar-refractivity contribution in [3.05, 3.63) is 34.1 Å². The summed E-state index contributed by atoms with van der Waals surface area (Å²) in [4.78, 5) is 0. The highest BCUT2D eigenvalue weighted by molar-refractivity contribution is 9.10. The first-order valence-corrected chi connectivity index (χ1v) is 4.98. The molecule has 0 aliphatic rings. The molecule has 0 bridgehead atoms. The first-order chi connectivity index (χ1) is 6.15. The normalized spacial score (nSPS) is 12.9. The molecule has 0 heterocycles. The minimum Gasteiger partial charge on any atom is -0.396 e. The minimum absolute atomic E-state index is 0.0892. The first-order valence-electron chi connectivity index (χ1n) is 4.19. The van der Waals surface area contributed by atoms with E-state index in [1.54, 1.807) is 18.2 Å². The second-order valence-corrected chi connectivity index (χ2v) is 4.06. The summed E-state index contributed by atoms with van der Waals surface area (Å²) < 4.78 is 13.9. The molecule has 1 aromatic rings. The maximum Gasteiger partial charge on any atom is 0.140 e. The summed E-state index contributed by atoms with van der Waals surface area (Å²) in [5, 5.41) is 8.82. The van der Waals surface area contributed by atoms with Crippen molar-refractivity contribution in [2.45, 2.75) is 13.3 Å². The molecule has 0 aliphatic heterocycles. The Bertz CT molecular complexity index is 288. The fourth-order valence-electron chi connectivity index (χ4n) is 1.15. The van der Waals surface area contributed by atoms with E-state index in [9.17, 15) is 4.39 Å². The third kappa shape index (κ3) is 2.78. The van der Waals surface area contributed by atoms with E-state index in [1.807, 2.05) is 6.92 Å². The zero-order valence-corrected chi connectivity index (χ0v) is 9.01. The van der Waals surface area contributed by atoms with Crippen molar-refractivity contribution in [3.8, 4) is 0 Å². The second kappa shape index (κ2) is 4.72. The molecule has 1 atom stereocenters. The van der Waals surface area contributed by atoms with E-state index >= 15 is 0 Å². The molecular formula is C10H12BrFO. The molecule has 72 valence electrons. The zero-order chi connectivity index (χ0) is 9.84. The average Bonchev–Trinajstić information content (AvgIpc) is 2.13. The molecule has 0 aromatic heterocycles. The number of halogens is 2. The Labute approximate surface area is 85.7 Å². The summed E-state index contributed by atoms with van der Waals surface area (Å²) in [6.45, 7) is 1.98. The van der Waals surface area contributed by atoms with Gasteiger partial charge >= 0.3 is 0 Å². The standard InChI is InChI=1S/C10H12BrFO/c1-7(6-13)5-8-3-2-4-9(11)10(8)12/h2-4,7,13H,5-6H2,1H3. The zero-order valence-electron chi connectivity index (χ0n) is 7.43. The van der Waals surface area contributed by atoms with Crippen LogP contribution in [0.25, 0.3) is 0 Å². The number of hydrogen-bond acceptors (Lipinski definition) is 1. The Morgan fingerprint density at radius 1 is 1.54 bits per heavy atom. The highest BCUT2D eigenvalue weighted by Crippen LogP contribution is 2.20. The van der Waals surface area contributed by atoms with Crippen molar-refractivity contribution in [2.24, 2.45) is 5.92 Å². The van der Waals surface area contributed by atoms with Crippen molar-refractivity contribution >= 4 is 15.9 Å². The van der Waals surface area contributed by atoms with Crippen LogP contribution in [0, 0.1) is 11.7 Å². The lowest BCUT2D eigenvalue weighted by molar-refractivity contribution is 0.236. The molecule has 1 N–H and O–H groups in total. The van der Waals surface area contributed by atoms with Gasteiger partial charge in [0.05, 0.1) is 4.47 Å². The molecule has 3 heteroatoms. The topological polar surface area (TPSA) is 20.2 Å². The molecule has 0 spiro atoms. The van der Waals surface area contributed by atoms with Gasteiger partial charge in [-0.15, -0.1) is 0 Å². The summed E-state index contributed by atoms with van der Waals surface area (Å²) >= 11 is 3.12. The van der Waals surface area contributed by atoms with Crippen molar-refractivity contribution in [3.63, 3.8) is 0 Å². The highest BCUT2D eigenvalue weighted by atomic mass is 79.9. The van der Waals surface area contributed by atoms with Crippen molar-refractivity contribution < 1.29 is 9.50 Å². The Morgan fingerprint density at radius 3 is 2.85 bits per heavy atom. The lowest BCUT2D eigenvalue weighted by Gasteiger charge is -2.08. The number of aliphatic hydroxyl groups excluding tert-OH is 1. The van der Waals surface area contributed by atoms with Gasteiger partial charge in [0.2, 0.25) is 0 Å². The summed E-state index contributed by atoms with van der Waals surface area (Å²) in [7, 11) is 0. The van der Waals surface area contributed by atoms with Gasteiger partial charge in [-0.2, -0.15) is 0 Å². The van der Waals surface area contributed by atoms with E-state index in [0.29, 0.717) is 16.5 Å². The lowest BCUT2D eigenvalue weighted by atomic mass is 10.0. The van der Waals surface area contributed by atoms with Gasteiger partial charge < -0.3 is 5.11 Å². The third-order valence-corrected chi connectivity index (χ3v) is 2.52. The van der Waals surface area contributed by atoms with E-state index in [-0.39, 0.29) is 18.3 Å². The van der Waals surface area contributed by atoms with E-state index < -0.39 is 0 Å². The van der Waals surface area contributed by atoms with Crippen molar-refractivity contribution in [1.29, 1.82) is 0 Å². The molecule has 0 saturated carbocycles. The number of rotatable bonds is 3. The highest BCUT2D eigenvalue weighted by Gasteiger charge is 2.08. The molecule has 0 aliphatic carbocycles. The minimum atomic E-state index is -0.220. The number of aliphatic hydroxyl groups is 1. The van der Waals surface area contributed by atoms with Gasteiger partial charge in [-0.3, -0.25) is 0 Å². The molecule has 0 radical (unpaired) electrons. The van der Waals surface area contributed by atoms with Gasteiger partial charge in [0, 0.05) is 6.61 Å². The molecule has 1 nitrogen and oxygen atoms in total. The molecule has 0 fully saturated rings. The molecule has 1 aromatic carbocycles. The van der Waals surface area contributed by atoms with E-state index in [2.05, 4.69) is 15.9 Å². The number of benzene rings is 1. The van der Waals surface area contributed by atoms with Crippen LogP contribution in [0.4, 0.5) is 4.39 Å². The van der Waals surface area contributed by atoms with Crippen LogP contribution in [-0.4, -0.2) is 11.7 Å². The molecule has 1 unspecified atom stereocenters. The van der Waals surface area contributed by atoms with Crippen LogP contribution in [0.15, 0.2) is 22.7 Å². The van der Waals surface area contributed by atoms with Gasteiger partial charge in [-0.1, -0.05) is 19.1 Å². The van der Waals surface area contributed by atoms with Crippen LogP contribution in [0.3, 0.4) is 0 Å². The van der Waals surface area contributed by atoms with E-state index in [0.717, 1.165) is 0 Å². The maximum absolute atomic E-state index is 13.4. The van der Waals surface area contributed by atoms with Crippen LogP contribution >= 0.6 is 15.9 Å². The molecule has 13 heavy (non-hydrogen) atoms. The largest absolute Gasteiger partial charge is 0.396 e. The van der Waals surface area contributed by atoms with Crippen molar-refractivity contribution in [2.75, 3.05) is 6.61 Å². The van der Waals surface area contributed by atoms with Crippen LogP contribution in [0.5, 0.6) is 0 Å². The van der Waals surface area contributed by atoms with Gasteiger partial charge in [0.25, 0.3) is 0 Å². The second-order valence-electron chi connectivity index (χ2n) is 3.20. The third-order valence-electron chi connectivity index (χ3n) is 1.91. The Hall–Kier alpha value is -0.410. The van der Waals surface area contributed by atoms with Gasteiger partial charge in [0.1, 0.15) is 5.82 Å². The van der Waals surface area contributed by atoms with E-state index in [1.165, 1.54) is 0 Å². The first kappa shape index (κ1) is 10.7. The van der Waals surface area contributed by atoms with E-state index in [4.69, 9.17) is 5.11 Å². The maximum atomic E-state index is 13.4. The lowest BCUT2D eigenvalue weighted by Crippen LogP contribution is -2.06. The predicted molar refractivity (Wildman–Crippen MR) is 54.1 cm³/mol. The molecule has 0 amide bonds. The van der Waals surface area contributed by atoms with Crippen LogP contribution in [-0.2, 0) is 6.42 Å². The number of hydrogen-bond donors (Lipinski definition) is 1. The Balaban J connectivity index is 2.83. The fourth-order valence-corrected chi connectivity index (χ4v) is 1.55. The van der Waals surface area contributed by atoms with Gasteiger partial charge in [0.15, 0.2) is 0 Å². The molecular weight excluding hydrogens is 235 g/mol. The van der Waals surface area contributed by atoms with Crippen molar-refractivity contribution in [1.82, 2.24) is 0 Å². The molecule has 1 rings (SSSR count).